The number of rotatable bonds is 8. The van der Waals surface area contributed by atoms with Crippen molar-refractivity contribution in [1.29, 1.82) is 0 Å². The van der Waals surface area contributed by atoms with Gasteiger partial charge in [-0.2, -0.15) is 0 Å². The van der Waals surface area contributed by atoms with Crippen LogP contribution in [0.5, 0.6) is 0 Å². The van der Waals surface area contributed by atoms with E-state index < -0.39 is 0 Å². The van der Waals surface area contributed by atoms with Crippen molar-refractivity contribution in [3.8, 4) is 0 Å². The van der Waals surface area contributed by atoms with Crippen molar-refractivity contribution in [2.75, 3.05) is 19.8 Å². The van der Waals surface area contributed by atoms with E-state index in [9.17, 15) is 0 Å². The van der Waals surface area contributed by atoms with Gasteiger partial charge in [0.25, 0.3) is 0 Å². The molecule has 0 bridgehead atoms. The molecule has 4 heteroatoms. The SMILES string of the molecule is CCCOCCCNCc1nc2ccccc2s1. The molecule has 0 unspecified atom stereocenters. The van der Waals surface area contributed by atoms with Gasteiger partial charge in [0, 0.05) is 19.8 Å². The van der Waals surface area contributed by atoms with Gasteiger partial charge in [0.05, 0.1) is 10.2 Å². The number of nitrogens with one attached hydrogen (secondary N) is 1. The highest BCUT2D eigenvalue weighted by Crippen LogP contribution is 2.21. The molecule has 0 saturated carbocycles. The van der Waals surface area contributed by atoms with Gasteiger partial charge < -0.3 is 10.1 Å². The van der Waals surface area contributed by atoms with Gasteiger partial charge in [0.15, 0.2) is 0 Å². The quantitative estimate of drug-likeness (QED) is 0.743. The highest BCUT2D eigenvalue weighted by Gasteiger charge is 2.01. The van der Waals surface area contributed by atoms with Crippen molar-refractivity contribution in [2.24, 2.45) is 0 Å². The molecule has 0 saturated heterocycles. The third kappa shape index (κ3) is 4.05. The molecule has 1 N–H and O–H groups in total. The molecule has 0 radical (unpaired) electrons. The lowest BCUT2D eigenvalue weighted by molar-refractivity contribution is 0.132. The Kier molecular flexibility index (Phi) is 5.58. The van der Waals surface area contributed by atoms with Gasteiger partial charge in [0.2, 0.25) is 0 Å². The zero-order chi connectivity index (χ0) is 12.6. The van der Waals surface area contributed by atoms with Crippen LogP contribution in [-0.4, -0.2) is 24.7 Å². The first-order valence-electron chi connectivity index (χ1n) is 6.53. The van der Waals surface area contributed by atoms with E-state index in [1.807, 2.05) is 6.07 Å². The third-order valence-corrected chi connectivity index (χ3v) is 3.64. The van der Waals surface area contributed by atoms with Crippen molar-refractivity contribution >= 4 is 21.6 Å². The fraction of sp³-hybridized carbons (Fsp3) is 0.500. The predicted octanol–water partition coefficient (Wildman–Crippen LogP) is 3.20. The fourth-order valence-corrected chi connectivity index (χ4v) is 2.67. The summed E-state index contributed by atoms with van der Waals surface area (Å²) >= 11 is 1.76. The fourth-order valence-electron chi connectivity index (χ4n) is 1.74. The maximum absolute atomic E-state index is 5.43. The molecule has 0 fully saturated rings. The minimum atomic E-state index is 0.848. The molecular weight excluding hydrogens is 244 g/mol. The van der Waals surface area contributed by atoms with E-state index >= 15 is 0 Å². The van der Waals surface area contributed by atoms with Gasteiger partial charge in [-0.15, -0.1) is 11.3 Å². The Morgan fingerprint density at radius 2 is 2.17 bits per heavy atom. The molecule has 0 amide bonds. The standard InChI is InChI=1S/C14H20N2OS/c1-2-9-17-10-5-8-15-11-14-16-12-6-3-4-7-13(12)18-14/h3-4,6-7,15H,2,5,8-11H2,1H3. The Bertz CT molecular complexity index is 437. The second kappa shape index (κ2) is 7.46. The zero-order valence-electron chi connectivity index (χ0n) is 10.8. The Hall–Kier alpha value is -0.970. The molecular formula is C14H20N2OS. The van der Waals surface area contributed by atoms with Crippen molar-refractivity contribution in [3.63, 3.8) is 0 Å². The van der Waals surface area contributed by atoms with Gasteiger partial charge in [-0.05, 0) is 31.5 Å². The molecule has 2 aromatic rings. The number of benzene rings is 1. The number of hydrogen-bond acceptors (Lipinski definition) is 4. The summed E-state index contributed by atoms with van der Waals surface area (Å²) in [6.07, 6.45) is 2.16. The molecule has 0 aliphatic carbocycles. The van der Waals surface area contributed by atoms with E-state index in [0.717, 1.165) is 49.7 Å². The summed E-state index contributed by atoms with van der Waals surface area (Å²) in [5, 5.41) is 4.57. The topological polar surface area (TPSA) is 34.1 Å². The van der Waals surface area contributed by atoms with Crippen LogP contribution in [0.3, 0.4) is 0 Å². The molecule has 1 heterocycles. The third-order valence-electron chi connectivity index (χ3n) is 2.61. The summed E-state index contributed by atoms with van der Waals surface area (Å²) in [4.78, 5) is 4.58. The molecule has 0 aliphatic heterocycles. The molecule has 3 nitrogen and oxygen atoms in total. The van der Waals surface area contributed by atoms with Crippen molar-refractivity contribution in [3.05, 3.63) is 29.3 Å². The summed E-state index contributed by atoms with van der Waals surface area (Å²) in [5.74, 6) is 0. The monoisotopic (exact) mass is 264 g/mol. The summed E-state index contributed by atoms with van der Waals surface area (Å²) in [6.45, 7) is 5.69. The molecule has 18 heavy (non-hydrogen) atoms. The molecule has 2 rings (SSSR count). The van der Waals surface area contributed by atoms with E-state index in [0.29, 0.717) is 0 Å². The van der Waals surface area contributed by atoms with Gasteiger partial charge in [0.1, 0.15) is 5.01 Å². The lowest BCUT2D eigenvalue weighted by atomic mass is 10.3. The van der Waals surface area contributed by atoms with Crippen LogP contribution in [0.2, 0.25) is 0 Å². The number of aromatic nitrogens is 1. The van der Waals surface area contributed by atoms with Crippen LogP contribution in [0.4, 0.5) is 0 Å². The van der Waals surface area contributed by atoms with E-state index in [1.54, 1.807) is 11.3 Å². The van der Waals surface area contributed by atoms with Gasteiger partial charge in [-0.25, -0.2) is 4.98 Å². The van der Waals surface area contributed by atoms with Gasteiger partial charge in [-0.3, -0.25) is 0 Å². The summed E-state index contributed by atoms with van der Waals surface area (Å²) in [7, 11) is 0. The van der Waals surface area contributed by atoms with E-state index in [4.69, 9.17) is 4.74 Å². The number of para-hydroxylation sites is 1. The first-order chi connectivity index (χ1) is 8.90. The normalized spacial score (nSPS) is 11.2. The maximum Gasteiger partial charge on any atom is 0.108 e. The Morgan fingerprint density at radius 3 is 3.00 bits per heavy atom. The number of fused-ring (bicyclic) bond motifs is 1. The zero-order valence-corrected chi connectivity index (χ0v) is 11.6. The predicted molar refractivity (Wildman–Crippen MR) is 77.1 cm³/mol. The van der Waals surface area contributed by atoms with Crippen LogP contribution in [0.25, 0.3) is 10.2 Å². The minimum absolute atomic E-state index is 0.848. The lowest BCUT2D eigenvalue weighted by Gasteiger charge is -2.03. The maximum atomic E-state index is 5.43. The first-order valence-corrected chi connectivity index (χ1v) is 7.34. The Balaban J connectivity index is 1.67. The molecule has 1 aromatic carbocycles. The second-order valence-electron chi connectivity index (χ2n) is 4.22. The molecule has 0 atom stereocenters. The second-order valence-corrected chi connectivity index (χ2v) is 5.33. The van der Waals surface area contributed by atoms with Crippen LogP contribution in [0.15, 0.2) is 24.3 Å². The number of hydrogen-bond donors (Lipinski definition) is 1. The molecule has 98 valence electrons. The van der Waals surface area contributed by atoms with Crippen molar-refractivity contribution in [2.45, 2.75) is 26.3 Å². The van der Waals surface area contributed by atoms with Crippen LogP contribution in [0, 0.1) is 0 Å². The van der Waals surface area contributed by atoms with E-state index in [1.165, 1.54) is 4.70 Å². The summed E-state index contributed by atoms with van der Waals surface area (Å²) < 4.78 is 6.69. The highest BCUT2D eigenvalue weighted by atomic mass is 32.1. The van der Waals surface area contributed by atoms with Crippen molar-refractivity contribution < 1.29 is 4.74 Å². The molecule has 0 aliphatic rings. The van der Waals surface area contributed by atoms with Crippen molar-refractivity contribution in [1.82, 2.24) is 10.3 Å². The van der Waals surface area contributed by atoms with Crippen LogP contribution < -0.4 is 5.32 Å². The highest BCUT2D eigenvalue weighted by molar-refractivity contribution is 7.18. The van der Waals surface area contributed by atoms with Crippen LogP contribution >= 0.6 is 11.3 Å². The Morgan fingerprint density at radius 1 is 1.28 bits per heavy atom. The largest absolute Gasteiger partial charge is 0.381 e. The Labute approximate surface area is 112 Å². The van der Waals surface area contributed by atoms with E-state index in [-0.39, 0.29) is 0 Å². The number of nitrogens with zero attached hydrogens (tertiary/aromatic N) is 1. The molecule has 0 spiro atoms. The van der Waals surface area contributed by atoms with Crippen LogP contribution in [0.1, 0.15) is 24.8 Å². The van der Waals surface area contributed by atoms with Crippen LogP contribution in [-0.2, 0) is 11.3 Å². The lowest BCUT2D eigenvalue weighted by Crippen LogP contribution is -2.16. The number of ether oxygens (including phenoxy) is 1. The first kappa shape index (κ1) is 13.5. The average Bonchev–Trinajstić information content (AvgIpc) is 2.80. The summed E-state index contributed by atoms with van der Waals surface area (Å²) in [5.41, 5.74) is 1.10. The van der Waals surface area contributed by atoms with E-state index in [2.05, 4.69) is 35.4 Å². The number of thiazole rings is 1. The van der Waals surface area contributed by atoms with Gasteiger partial charge in [-0.1, -0.05) is 19.1 Å². The smallest absolute Gasteiger partial charge is 0.108 e. The summed E-state index contributed by atoms with van der Waals surface area (Å²) in [6, 6.07) is 8.27. The minimum Gasteiger partial charge on any atom is -0.381 e. The van der Waals surface area contributed by atoms with Gasteiger partial charge >= 0.3 is 0 Å². The average molecular weight is 264 g/mol. The molecule has 1 aromatic heterocycles.